The van der Waals surface area contributed by atoms with Crippen molar-refractivity contribution in [3.05, 3.63) is 16.1 Å². The van der Waals surface area contributed by atoms with Gasteiger partial charge in [-0.25, -0.2) is 4.98 Å². The number of carbonyl (C=O) groups excluding carboxylic acids is 2. The average Bonchev–Trinajstić information content (AvgIpc) is 2.87. The third kappa shape index (κ3) is 4.90. The number of esters is 1. The largest absolute Gasteiger partial charge is 0.465 e. The summed E-state index contributed by atoms with van der Waals surface area (Å²) in [5, 5.41) is 2.42. The molecule has 0 aliphatic carbocycles. The van der Waals surface area contributed by atoms with E-state index in [4.69, 9.17) is 9.47 Å². The Morgan fingerprint density at radius 3 is 2.75 bits per heavy atom. The molecular formula is C13H20N2O4S. The molecule has 7 heteroatoms. The van der Waals surface area contributed by atoms with E-state index in [1.54, 1.807) is 19.4 Å². The predicted octanol–water partition coefficient (Wildman–Crippen LogP) is 1.70. The first-order valence-electron chi connectivity index (χ1n) is 6.50. The predicted molar refractivity (Wildman–Crippen MR) is 75.7 cm³/mol. The van der Waals surface area contributed by atoms with Crippen LogP contribution in [0.4, 0.5) is 0 Å². The van der Waals surface area contributed by atoms with E-state index in [-0.39, 0.29) is 12.5 Å². The second-order valence-corrected chi connectivity index (χ2v) is 5.03. The molecule has 1 aromatic rings. The van der Waals surface area contributed by atoms with Gasteiger partial charge in [-0.1, -0.05) is 6.92 Å². The van der Waals surface area contributed by atoms with Crippen LogP contribution in [0.15, 0.2) is 5.38 Å². The third-order valence-electron chi connectivity index (χ3n) is 2.44. The van der Waals surface area contributed by atoms with E-state index in [9.17, 15) is 9.59 Å². The molecule has 0 atom stereocenters. The van der Waals surface area contributed by atoms with Crippen LogP contribution in [0.1, 0.15) is 35.8 Å². The topological polar surface area (TPSA) is 68.7 Å². The Labute approximate surface area is 122 Å². The number of methoxy groups -OCH3 is 1. The van der Waals surface area contributed by atoms with Gasteiger partial charge in [0.15, 0.2) is 0 Å². The van der Waals surface area contributed by atoms with E-state index in [1.165, 1.54) is 16.2 Å². The normalized spacial score (nSPS) is 10.3. The number of nitrogens with zero attached hydrogens (tertiary/aromatic N) is 2. The quantitative estimate of drug-likeness (QED) is 0.684. The Morgan fingerprint density at radius 2 is 2.15 bits per heavy atom. The van der Waals surface area contributed by atoms with Crippen LogP contribution in [0.25, 0.3) is 0 Å². The van der Waals surface area contributed by atoms with E-state index in [1.807, 2.05) is 6.92 Å². The van der Waals surface area contributed by atoms with E-state index >= 15 is 0 Å². The SMILES string of the molecule is CCCN(CC(=O)OCC)C(=O)c1csc(COC)n1. The number of amides is 1. The van der Waals surface area contributed by atoms with Crippen molar-refractivity contribution in [2.24, 2.45) is 0 Å². The Hall–Kier alpha value is -1.47. The molecule has 1 amide bonds. The molecule has 0 unspecified atom stereocenters. The maximum atomic E-state index is 12.3. The highest BCUT2D eigenvalue weighted by atomic mass is 32.1. The van der Waals surface area contributed by atoms with E-state index < -0.39 is 5.97 Å². The fraction of sp³-hybridized carbons (Fsp3) is 0.615. The van der Waals surface area contributed by atoms with Crippen molar-refractivity contribution in [1.29, 1.82) is 0 Å². The molecule has 0 aliphatic rings. The van der Waals surface area contributed by atoms with Gasteiger partial charge in [-0.15, -0.1) is 11.3 Å². The molecule has 0 fully saturated rings. The molecule has 0 radical (unpaired) electrons. The maximum absolute atomic E-state index is 12.3. The molecule has 0 saturated carbocycles. The summed E-state index contributed by atoms with van der Waals surface area (Å²) >= 11 is 1.37. The van der Waals surface area contributed by atoms with Crippen molar-refractivity contribution in [3.63, 3.8) is 0 Å². The standard InChI is InChI=1S/C13H20N2O4S/c1-4-6-15(7-12(16)19-5-2)13(17)10-9-20-11(14-10)8-18-3/h9H,4-8H2,1-3H3. The lowest BCUT2D eigenvalue weighted by Crippen LogP contribution is -2.37. The monoisotopic (exact) mass is 300 g/mol. The van der Waals surface area contributed by atoms with Crippen LogP contribution < -0.4 is 0 Å². The van der Waals surface area contributed by atoms with Crippen molar-refractivity contribution in [1.82, 2.24) is 9.88 Å². The van der Waals surface area contributed by atoms with Gasteiger partial charge in [0.25, 0.3) is 5.91 Å². The Balaban J connectivity index is 2.73. The first-order chi connectivity index (χ1) is 9.62. The van der Waals surface area contributed by atoms with Crippen LogP contribution in [0, 0.1) is 0 Å². The molecule has 0 aliphatic heterocycles. The minimum absolute atomic E-state index is 0.0440. The van der Waals surface area contributed by atoms with Gasteiger partial charge in [0.05, 0.1) is 13.2 Å². The third-order valence-corrected chi connectivity index (χ3v) is 3.27. The number of thiazole rings is 1. The summed E-state index contributed by atoms with van der Waals surface area (Å²) in [5.41, 5.74) is 0.347. The highest BCUT2D eigenvalue weighted by Crippen LogP contribution is 2.13. The van der Waals surface area contributed by atoms with Crippen molar-refractivity contribution < 1.29 is 19.1 Å². The van der Waals surface area contributed by atoms with Crippen LogP contribution in [-0.2, 0) is 20.9 Å². The van der Waals surface area contributed by atoms with Gasteiger partial charge >= 0.3 is 5.97 Å². The first-order valence-corrected chi connectivity index (χ1v) is 7.38. The van der Waals surface area contributed by atoms with Gasteiger partial charge in [-0.05, 0) is 13.3 Å². The second-order valence-electron chi connectivity index (χ2n) is 4.09. The summed E-state index contributed by atoms with van der Waals surface area (Å²) in [6.07, 6.45) is 0.764. The molecule has 0 bridgehead atoms. The summed E-state index contributed by atoms with van der Waals surface area (Å²) < 4.78 is 9.85. The van der Waals surface area contributed by atoms with E-state index in [2.05, 4.69) is 4.98 Å². The minimum Gasteiger partial charge on any atom is -0.465 e. The number of ether oxygens (including phenoxy) is 2. The zero-order chi connectivity index (χ0) is 15.0. The highest BCUT2D eigenvalue weighted by molar-refractivity contribution is 7.09. The summed E-state index contributed by atoms with van der Waals surface area (Å²) in [7, 11) is 1.58. The maximum Gasteiger partial charge on any atom is 0.325 e. The number of hydrogen-bond donors (Lipinski definition) is 0. The van der Waals surface area contributed by atoms with Gasteiger partial charge in [-0.2, -0.15) is 0 Å². The Bertz CT molecular complexity index is 447. The fourth-order valence-corrected chi connectivity index (χ4v) is 2.38. The lowest BCUT2D eigenvalue weighted by Gasteiger charge is -2.19. The van der Waals surface area contributed by atoms with Crippen molar-refractivity contribution in [2.45, 2.75) is 26.9 Å². The summed E-state index contributed by atoms with van der Waals surface area (Å²) in [6, 6.07) is 0. The van der Waals surface area contributed by atoms with Crippen molar-refractivity contribution in [2.75, 3.05) is 26.8 Å². The lowest BCUT2D eigenvalue weighted by atomic mass is 10.3. The number of hydrogen-bond acceptors (Lipinski definition) is 6. The fourth-order valence-electron chi connectivity index (χ4n) is 1.65. The van der Waals surface area contributed by atoms with Crippen molar-refractivity contribution in [3.8, 4) is 0 Å². The second kappa shape index (κ2) is 8.65. The molecule has 1 heterocycles. The molecule has 20 heavy (non-hydrogen) atoms. The van der Waals surface area contributed by atoms with E-state index in [0.717, 1.165) is 11.4 Å². The van der Waals surface area contributed by atoms with Crippen LogP contribution in [0.2, 0.25) is 0 Å². The van der Waals surface area contributed by atoms with Crippen molar-refractivity contribution >= 4 is 23.2 Å². The molecule has 0 saturated heterocycles. The van der Waals surface area contributed by atoms with E-state index in [0.29, 0.717) is 25.5 Å². The zero-order valence-electron chi connectivity index (χ0n) is 12.0. The lowest BCUT2D eigenvalue weighted by molar-refractivity contribution is -0.143. The minimum atomic E-state index is -0.401. The number of rotatable bonds is 8. The smallest absolute Gasteiger partial charge is 0.325 e. The van der Waals surface area contributed by atoms with Crippen LogP contribution in [0.3, 0.4) is 0 Å². The molecule has 0 aromatic carbocycles. The molecule has 112 valence electrons. The van der Waals surface area contributed by atoms with Gasteiger partial charge in [0, 0.05) is 19.0 Å². The molecular weight excluding hydrogens is 280 g/mol. The van der Waals surface area contributed by atoms with Crippen LogP contribution in [-0.4, -0.2) is 48.6 Å². The first kappa shape index (κ1) is 16.6. The van der Waals surface area contributed by atoms with Gasteiger partial charge < -0.3 is 14.4 Å². The van der Waals surface area contributed by atoms with Gasteiger partial charge in [0.1, 0.15) is 17.2 Å². The zero-order valence-corrected chi connectivity index (χ0v) is 12.9. The average molecular weight is 300 g/mol. The van der Waals surface area contributed by atoms with Crippen LogP contribution in [0.5, 0.6) is 0 Å². The Morgan fingerprint density at radius 1 is 1.40 bits per heavy atom. The summed E-state index contributed by atoms with van der Waals surface area (Å²) in [5.74, 6) is -0.653. The molecule has 6 nitrogen and oxygen atoms in total. The summed E-state index contributed by atoms with van der Waals surface area (Å²) in [4.78, 5) is 29.5. The molecule has 0 spiro atoms. The van der Waals surface area contributed by atoms with Gasteiger partial charge in [0.2, 0.25) is 0 Å². The molecule has 0 N–H and O–H groups in total. The molecule has 1 aromatic heterocycles. The number of carbonyl (C=O) groups is 2. The van der Waals surface area contributed by atoms with Gasteiger partial charge in [-0.3, -0.25) is 9.59 Å². The van der Waals surface area contributed by atoms with Crippen LogP contribution >= 0.6 is 11.3 Å². The Kier molecular flexibility index (Phi) is 7.17. The highest BCUT2D eigenvalue weighted by Gasteiger charge is 2.21. The number of aromatic nitrogens is 1. The molecule has 1 rings (SSSR count). The summed E-state index contributed by atoms with van der Waals surface area (Å²) in [6.45, 7) is 4.82.